The van der Waals surface area contributed by atoms with Crippen molar-refractivity contribution in [3.8, 4) is 0 Å². The molecule has 1 heterocycles. The molecule has 114 valence electrons. The molecule has 1 aliphatic heterocycles. The standard InChI is InChI=1S/C18H20N2OS/c19-10-11-20(12-14-6-2-1-3-7-14)18(21)16-13-22-17-9-5-4-8-15(16)17/h1-9,16H,10-13,19H2. The molecule has 3 nitrogen and oxygen atoms in total. The normalized spacial score (nSPS) is 16.3. The molecule has 0 fully saturated rings. The van der Waals surface area contributed by atoms with Gasteiger partial charge in [0.1, 0.15) is 0 Å². The highest BCUT2D eigenvalue weighted by Gasteiger charge is 2.31. The molecular formula is C18H20N2OS. The summed E-state index contributed by atoms with van der Waals surface area (Å²) in [6.07, 6.45) is 0. The maximum Gasteiger partial charge on any atom is 0.231 e. The number of thioether (sulfide) groups is 1. The maximum atomic E-state index is 13.0. The van der Waals surface area contributed by atoms with Crippen LogP contribution in [0.3, 0.4) is 0 Å². The molecule has 2 N–H and O–H groups in total. The van der Waals surface area contributed by atoms with Crippen LogP contribution in [0.1, 0.15) is 17.0 Å². The second-order valence-corrected chi connectivity index (χ2v) is 6.50. The molecule has 4 heteroatoms. The number of rotatable bonds is 5. The van der Waals surface area contributed by atoms with Gasteiger partial charge in [-0.15, -0.1) is 11.8 Å². The molecule has 2 aromatic carbocycles. The van der Waals surface area contributed by atoms with Crippen LogP contribution in [0.15, 0.2) is 59.5 Å². The molecule has 1 atom stereocenters. The Kier molecular flexibility index (Phi) is 4.80. The Morgan fingerprint density at radius 1 is 1.14 bits per heavy atom. The second-order valence-electron chi connectivity index (χ2n) is 5.44. The molecule has 22 heavy (non-hydrogen) atoms. The number of benzene rings is 2. The molecular weight excluding hydrogens is 292 g/mol. The molecule has 0 aliphatic carbocycles. The van der Waals surface area contributed by atoms with Gasteiger partial charge in [0.25, 0.3) is 0 Å². The fourth-order valence-corrected chi connectivity index (χ4v) is 4.03. The van der Waals surface area contributed by atoms with Gasteiger partial charge in [0.2, 0.25) is 5.91 Å². The lowest BCUT2D eigenvalue weighted by molar-refractivity contribution is -0.132. The van der Waals surface area contributed by atoms with Gasteiger partial charge in [0, 0.05) is 30.3 Å². The van der Waals surface area contributed by atoms with Gasteiger partial charge in [0.05, 0.1) is 5.92 Å². The van der Waals surface area contributed by atoms with Gasteiger partial charge in [-0.05, 0) is 17.2 Å². The lowest BCUT2D eigenvalue weighted by Gasteiger charge is -2.25. The Morgan fingerprint density at radius 2 is 1.86 bits per heavy atom. The molecule has 0 bridgehead atoms. The van der Waals surface area contributed by atoms with Gasteiger partial charge in [-0.1, -0.05) is 48.5 Å². The van der Waals surface area contributed by atoms with E-state index in [1.807, 2.05) is 47.4 Å². The van der Waals surface area contributed by atoms with E-state index >= 15 is 0 Å². The summed E-state index contributed by atoms with van der Waals surface area (Å²) in [5, 5.41) is 0. The molecule has 1 amide bonds. The summed E-state index contributed by atoms with van der Waals surface area (Å²) in [5.74, 6) is 0.969. The van der Waals surface area contributed by atoms with Crippen LogP contribution in [-0.4, -0.2) is 29.6 Å². The second kappa shape index (κ2) is 6.99. The predicted molar refractivity (Wildman–Crippen MR) is 90.8 cm³/mol. The van der Waals surface area contributed by atoms with Crippen LogP contribution in [0.4, 0.5) is 0 Å². The molecule has 2 aromatic rings. The number of carbonyl (C=O) groups excluding carboxylic acids is 1. The first-order chi connectivity index (χ1) is 10.8. The molecule has 1 unspecified atom stereocenters. The summed E-state index contributed by atoms with van der Waals surface area (Å²) in [5.41, 5.74) is 8.02. The molecule has 1 aliphatic rings. The Bertz CT molecular complexity index is 645. The van der Waals surface area contributed by atoms with Crippen molar-refractivity contribution in [1.82, 2.24) is 4.90 Å². The Labute approximate surface area is 135 Å². The minimum atomic E-state index is -0.0449. The van der Waals surface area contributed by atoms with Crippen molar-refractivity contribution in [2.75, 3.05) is 18.8 Å². The van der Waals surface area contributed by atoms with E-state index in [0.29, 0.717) is 19.6 Å². The van der Waals surface area contributed by atoms with Crippen LogP contribution in [0, 0.1) is 0 Å². The van der Waals surface area contributed by atoms with Crippen LogP contribution in [0.5, 0.6) is 0 Å². The molecule has 3 rings (SSSR count). The summed E-state index contributed by atoms with van der Waals surface area (Å²) < 4.78 is 0. The maximum absolute atomic E-state index is 13.0. The first-order valence-corrected chi connectivity index (χ1v) is 8.52. The summed E-state index contributed by atoms with van der Waals surface area (Å²) in [7, 11) is 0. The van der Waals surface area contributed by atoms with E-state index in [9.17, 15) is 4.79 Å². The molecule has 0 aromatic heterocycles. The average Bonchev–Trinajstić information content (AvgIpc) is 2.99. The van der Waals surface area contributed by atoms with Crippen molar-refractivity contribution in [2.45, 2.75) is 17.4 Å². The predicted octanol–water partition coefficient (Wildman–Crippen LogP) is 2.86. The van der Waals surface area contributed by atoms with E-state index in [1.165, 1.54) is 4.90 Å². The topological polar surface area (TPSA) is 46.3 Å². The molecule has 0 radical (unpaired) electrons. The summed E-state index contributed by atoms with van der Waals surface area (Å²) in [6, 6.07) is 18.3. The fourth-order valence-electron chi connectivity index (χ4n) is 2.81. The first kappa shape index (κ1) is 15.1. The minimum Gasteiger partial charge on any atom is -0.337 e. The summed E-state index contributed by atoms with van der Waals surface area (Å²) in [6.45, 7) is 1.71. The average molecular weight is 312 g/mol. The zero-order valence-corrected chi connectivity index (χ0v) is 13.3. The number of carbonyl (C=O) groups is 1. The van der Waals surface area contributed by atoms with E-state index < -0.39 is 0 Å². The minimum absolute atomic E-state index is 0.0449. The van der Waals surface area contributed by atoms with Crippen LogP contribution in [-0.2, 0) is 11.3 Å². The van der Waals surface area contributed by atoms with Crippen molar-refractivity contribution >= 4 is 17.7 Å². The lowest BCUT2D eigenvalue weighted by atomic mass is 9.99. The largest absolute Gasteiger partial charge is 0.337 e. The van der Waals surface area contributed by atoms with Crippen molar-refractivity contribution in [2.24, 2.45) is 5.73 Å². The van der Waals surface area contributed by atoms with Gasteiger partial charge in [0.15, 0.2) is 0 Å². The Balaban J connectivity index is 1.79. The third-order valence-electron chi connectivity index (χ3n) is 3.92. The number of hydrogen-bond acceptors (Lipinski definition) is 3. The van der Waals surface area contributed by atoms with E-state index in [-0.39, 0.29) is 11.8 Å². The monoisotopic (exact) mass is 312 g/mol. The van der Waals surface area contributed by atoms with Gasteiger partial charge in [-0.2, -0.15) is 0 Å². The van der Waals surface area contributed by atoms with Crippen molar-refractivity contribution in [3.05, 3.63) is 65.7 Å². The zero-order chi connectivity index (χ0) is 15.4. The highest BCUT2D eigenvalue weighted by molar-refractivity contribution is 7.99. The third-order valence-corrected chi connectivity index (χ3v) is 5.11. The highest BCUT2D eigenvalue weighted by Crippen LogP contribution is 2.40. The number of fused-ring (bicyclic) bond motifs is 1. The highest BCUT2D eigenvalue weighted by atomic mass is 32.2. The number of hydrogen-bond donors (Lipinski definition) is 1. The molecule has 0 saturated carbocycles. The van der Waals surface area contributed by atoms with E-state index in [4.69, 9.17) is 5.73 Å². The van der Waals surface area contributed by atoms with E-state index in [0.717, 1.165) is 16.9 Å². The van der Waals surface area contributed by atoms with E-state index in [1.54, 1.807) is 11.8 Å². The summed E-state index contributed by atoms with van der Waals surface area (Å²) >= 11 is 1.77. The Morgan fingerprint density at radius 3 is 2.64 bits per heavy atom. The third kappa shape index (κ3) is 3.18. The number of nitrogens with zero attached hydrogens (tertiary/aromatic N) is 1. The smallest absolute Gasteiger partial charge is 0.231 e. The summed E-state index contributed by atoms with van der Waals surface area (Å²) in [4.78, 5) is 16.1. The van der Waals surface area contributed by atoms with Gasteiger partial charge < -0.3 is 10.6 Å². The van der Waals surface area contributed by atoms with E-state index in [2.05, 4.69) is 12.1 Å². The number of nitrogens with two attached hydrogens (primary N) is 1. The zero-order valence-electron chi connectivity index (χ0n) is 12.4. The van der Waals surface area contributed by atoms with Gasteiger partial charge in [-0.25, -0.2) is 0 Å². The quantitative estimate of drug-likeness (QED) is 0.923. The van der Waals surface area contributed by atoms with Crippen LogP contribution >= 0.6 is 11.8 Å². The van der Waals surface area contributed by atoms with Crippen molar-refractivity contribution < 1.29 is 4.79 Å². The van der Waals surface area contributed by atoms with Crippen LogP contribution in [0.2, 0.25) is 0 Å². The SMILES string of the molecule is NCCN(Cc1ccccc1)C(=O)C1CSc2ccccc21. The van der Waals surface area contributed by atoms with Crippen LogP contribution in [0.25, 0.3) is 0 Å². The lowest BCUT2D eigenvalue weighted by Crippen LogP contribution is -2.38. The molecule has 0 spiro atoms. The fraction of sp³-hybridized carbons (Fsp3) is 0.278. The Hall–Kier alpha value is -1.78. The molecule has 0 saturated heterocycles. The van der Waals surface area contributed by atoms with Gasteiger partial charge in [-0.3, -0.25) is 4.79 Å². The van der Waals surface area contributed by atoms with Crippen LogP contribution < -0.4 is 5.73 Å². The van der Waals surface area contributed by atoms with Crippen molar-refractivity contribution in [1.29, 1.82) is 0 Å². The van der Waals surface area contributed by atoms with Gasteiger partial charge >= 0.3 is 0 Å². The van der Waals surface area contributed by atoms with Crippen molar-refractivity contribution in [3.63, 3.8) is 0 Å². The first-order valence-electron chi connectivity index (χ1n) is 7.54. The number of amides is 1.